The minimum absolute atomic E-state index is 0.441. The molecule has 0 unspecified atom stereocenters. The molecule has 0 bridgehead atoms. The van der Waals surface area contributed by atoms with Crippen molar-refractivity contribution in [2.45, 2.75) is 26.7 Å². The summed E-state index contributed by atoms with van der Waals surface area (Å²) in [7, 11) is 0. The number of anilines is 2. The first-order valence-electron chi connectivity index (χ1n) is 6.75. The average Bonchev–Trinajstić information content (AvgIpc) is 2.38. The van der Waals surface area contributed by atoms with Gasteiger partial charge >= 0.3 is 0 Å². The summed E-state index contributed by atoms with van der Waals surface area (Å²) in [6, 6.07) is 14.5. The molecular formula is C17H20N2S. The number of aryl methyl sites for hydroxylation is 1. The Hall–Kier alpha value is -1.87. The second-order valence-corrected chi connectivity index (χ2v) is 5.74. The molecule has 2 nitrogen and oxygen atoms in total. The summed E-state index contributed by atoms with van der Waals surface area (Å²) in [5, 5.41) is 3.42. The summed E-state index contributed by atoms with van der Waals surface area (Å²) in [5.74, 6) is 0.524. The smallest absolute Gasteiger partial charge is 0.104 e. The standard InChI is InChI=1S/C17H20N2S/c1-11(2)13-5-4-6-14(10-13)19-15-7-8-16(17(18)20)12(3)9-15/h4-11,19H,1-3H3,(H2,18,20). The van der Waals surface area contributed by atoms with E-state index in [-0.39, 0.29) is 0 Å². The molecule has 0 aliphatic heterocycles. The molecule has 2 rings (SSSR count). The van der Waals surface area contributed by atoms with Gasteiger partial charge in [0.25, 0.3) is 0 Å². The molecule has 0 aliphatic rings. The molecule has 0 spiro atoms. The average molecular weight is 284 g/mol. The predicted molar refractivity (Wildman–Crippen MR) is 90.9 cm³/mol. The second kappa shape index (κ2) is 6.06. The number of rotatable bonds is 4. The lowest BCUT2D eigenvalue weighted by atomic mass is 10.0. The van der Waals surface area contributed by atoms with E-state index in [1.165, 1.54) is 5.56 Å². The van der Waals surface area contributed by atoms with Crippen molar-refractivity contribution in [1.29, 1.82) is 0 Å². The molecular weight excluding hydrogens is 264 g/mol. The van der Waals surface area contributed by atoms with Gasteiger partial charge in [-0.1, -0.05) is 38.2 Å². The third kappa shape index (κ3) is 3.36. The molecule has 0 aromatic heterocycles. The highest BCUT2D eigenvalue weighted by Crippen LogP contribution is 2.23. The first kappa shape index (κ1) is 14.5. The van der Waals surface area contributed by atoms with Crippen LogP contribution in [0.2, 0.25) is 0 Å². The van der Waals surface area contributed by atoms with Crippen molar-refractivity contribution in [3.63, 3.8) is 0 Å². The second-order valence-electron chi connectivity index (χ2n) is 5.30. The van der Waals surface area contributed by atoms with Crippen molar-refractivity contribution >= 4 is 28.6 Å². The van der Waals surface area contributed by atoms with Gasteiger partial charge < -0.3 is 11.1 Å². The van der Waals surface area contributed by atoms with Crippen LogP contribution in [0.15, 0.2) is 42.5 Å². The Morgan fingerprint density at radius 2 is 1.80 bits per heavy atom. The van der Waals surface area contributed by atoms with Gasteiger partial charge in [-0.15, -0.1) is 0 Å². The van der Waals surface area contributed by atoms with Crippen LogP contribution in [-0.4, -0.2) is 4.99 Å². The highest BCUT2D eigenvalue weighted by Gasteiger charge is 2.04. The lowest BCUT2D eigenvalue weighted by molar-refractivity contribution is 0.867. The SMILES string of the molecule is Cc1cc(Nc2cccc(C(C)C)c2)ccc1C(N)=S. The Morgan fingerprint density at radius 3 is 2.40 bits per heavy atom. The van der Waals surface area contributed by atoms with Gasteiger partial charge in [-0.3, -0.25) is 0 Å². The van der Waals surface area contributed by atoms with Crippen molar-refractivity contribution in [1.82, 2.24) is 0 Å². The topological polar surface area (TPSA) is 38.0 Å². The Bertz CT molecular complexity index is 633. The Labute approximate surface area is 126 Å². The van der Waals surface area contributed by atoms with E-state index in [1.54, 1.807) is 0 Å². The van der Waals surface area contributed by atoms with Crippen molar-refractivity contribution in [3.8, 4) is 0 Å². The van der Waals surface area contributed by atoms with Gasteiger partial charge in [0.15, 0.2) is 0 Å². The normalized spacial score (nSPS) is 10.6. The van der Waals surface area contributed by atoms with Crippen LogP contribution in [0.4, 0.5) is 11.4 Å². The van der Waals surface area contributed by atoms with E-state index in [2.05, 4.69) is 49.5 Å². The van der Waals surface area contributed by atoms with Crippen molar-refractivity contribution < 1.29 is 0 Å². The zero-order valence-corrected chi connectivity index (χ0v) is 12.9. The van der Waals surface area contributed by atoms with Gasteiger partial charge in [-0.2, -0.15) is 0 Å². The van der Waals surface area contributed by atoms with E-state index < -0.39 is 0 Å². The fourth-order valence-electron chi connectivity index (χ4n) is 2.16. The van der Waals surface area contributed by atoms with Crippen LogP contribution in [-0.2, 0) is 0 Å². The zero-order chi connectivity index (χ0) is 14.7. The van der Waals surface area contributed by atoms with Gasteiger partial charge in [-0.05, 0) is 54.3 Å². The molecule has 0 fully saturated rings. The maximum absolute atomic E-state index is 5.68. The highest BCUT2D eigenvalue weighted by atomic mass is 32.1. The minimum atomic E-state index is 0.441. The number of benzene rings is 2. The summed E-state index contributed by atoms with van der Waals surface area (Å²) in [5.41, 5.74) is 11.2. The molecule has 0 aliphatic carbocycles. The Balaban J connectivity index is 2.24. The number of thiocarbonyl (C=S) groups is 1. The quantitative estimate of drug-likeness (QED) is 0.812. The molecule has 3 heteroatoms. The van der Waals surface area contributed by atoms with Gasteiger partial charge in [-0.25, -0.2) is 0 Å². The molecule has 2 aromatic carbocycles. The van der Waals surface area contributed by atoms with Crippen LogP contribution in [0.25, 0.3) is 0 Å². The van der Waals surface area contributed by atoms with Gasteiger partial charge in [0, 0.05) is 16.9 Å². The molecule has 0 amide bonds. The Morgan fingerprint density at radius 1 is 1.10 bits per heavy atom. The van der Waals surface area contributed by atoms with E-state index in [1.807, 2.05) is 19.1 Å². The Kier molecular flexibility index (Phi) is 4.40. The third-order valence-electron chi connectivity index (χ3n) is 3.33. The fourth-order valence-corrected chi connectivity index (χ4v) is 2.39. The fraction of sp³-hybridized carbons (Fsp3) is 0.235. The first-order valence-corrected chi connectivity index (χ1v) is 7.15. The van der Waals surface area contributed by atoms with E-state index in [0.29, 0.717) is 10.9 Å². The maximum Gasteiger partial charge on any atom is 0.104 e. The van der Waals surface area contributed by atoms with Crippen LogP contribution in [0.1, 0.15) is 36.5 Å². The molecule has 3 N–H and O–H groups in total. The molecule has 0 saturated carbocycles. The molecule has 0 heterocycles. The molecule has 0 radical (unpaired) electrons. The summed E-state index contributed by atoms with van der Waals surface area (Å²) in [6.45, 7) is 6.41. The zero-order valence-electron chi connectivity index (χ0n) is 12.1. The summed E-state index contributed by atoms with van der Waals surface area (Å²) < 4.78 is 0. The van der Waals surface area contributed by atoms with E-state index in [0.717, 1.165) is 22.5 Å². The van der Waals surface area contributed by atoms with Crippen molar-refractivity contribution in [3.05, 3.63) is 59.2 Å². The summed E-state index contributed by atoms with van der Waals surface area (Å²) >= 11 is 5.03. The number of nitrogens with one attached hydrogen (secondary N) is 1. The van der Waals surface area contributed by atoms with Crippen LogP contribution in [0.3, 0.4) is 0 Å². The molecule has 0 atom stereocenters. The van der Waals surface area contributed by atoms with Gasteiger partial charge in [0.1, 0.15) is 4.99 Å². The van der Waals surface area contributed by atoms with E-state index >= 15 is 0 Å². The monoisotopic (exact) mass is 284 g/mol. The van der Waals surface area contributed by atoms with Crippen LogP contribution in [0.5, 0.6) is 0 Å². The van der Waals surface area contributed by atoms with Gasteiger partial charge in [0.05, 0.1) is 0 Å². The lowest BCUT2D eigenvalue weighted by Gasteiger charge is -2.12. The first-order chi connectivity index (χ1) is 9.47. The summed E-state index contributed by atoms with van der Waals surface area (Å²) in [6.07, 6.45) is 0. The summed E-state index contributed by atoms with van der Waals surface area (Å²) in [4.78, 5) is 0.441. The molecule has 104 valence electrons. The largest absolute Gasteiger partial charge is 0.389 e. The molecule has 2 aromatic rings. The van der Waals surface area contributed by atoms with Crippen LogP contribution in [0, 0.1) is 6.92 Å². The number of hydrogen-bond acceptors (Lipinski definition) is 2. The predicted octanol–water partition coefficient (Wildman–Crippen LogP) is 4.50. The van der Waals surface area contributed by atoms with Crippen molar-refractivity contribution in [2.75, 3.05) is 5.32 Å². The van der Waals surface area contributed by atoms with Crippen LogP contribution >= 0.6 is 12.2 Å². The van der Waals surface area contributed by atoms with Gasteiger partial charge in [0.2, 0.25) is 0 Å². The number of hydrogen-bond donors (Lipinski definition) is 2. The third-order valence-corrected chi connectivity index (χ3v) is 3.55. The molecule has 20 heavy (non-hydrogen) atoms. The maximum atomic E-state index is 5.68. The minimum Gasteiger partial charge on any atom is -0.389 e. The van der Waals surface area contributed by atoms with E-state index in [9.17, 15) is 0 Å². The van der Waals surface area contributed by atoms with Crippen LogP contribution < -0.4 is 11.1 Å². The lowest BCUT2D eigenvalue weighted by Crippen LogP contribution is -2.11. The van der Waals surface area contributed by atoms with Crippen molar-refractivity contribution in [2.24, 2.45) is 5.73 Å². The highest BCUT2D eigenvalue weighted by molar-refractivity contribution is 7.80. The van der Waals surface area contributed by atoms with E-state index in [4.69, 9.17) is 18.0 Å². The number of nitrogens with two attached hydrogens (primary N) is 1. The molecule has 0 saturated heterocycles.